The molecular formula is C21H23N3O6. The number of aromatic nitrogens is 2. The quantitative estimate of drug-likeness (QED) is 0.739. The Morgan fingerprint density at radius 2 is 1.97 bits per heavy atom. The van der Waals surface area contributed by atoms with E-state index in [4.69, 9.17) is 14.2 Å². The number of esters is 1. The Morgan fingerprint density at radius 3 is 2.63 bits per heavy atom. The average molecular weight is 413 g/mol. The van der Waals surface area contributed by atoms with Gasteiger partial charge in [-0.05, 0) is 31.5 Å². The van der Waals surface area contributed by atoms with Crippen molar-refractivity contribution in [1.82, 2.24) is 9.13 Å². The first-order chi connectivity index (χ1) is 14.4. The maximum absolute atomic E-state index is 13.2. The summed E-state index contributed by atoms with van der Waals surface area (Å²) in [7, 11) is 2.96. The molecule has 30 heavy (non-hydrogen) atoms. The lowest BCUT2D eigenvalue weighted by Gasteiger charge is -2.29. The van der Waals surface area contributed by atoms with Crippen molar-refractivity contribution in [3.63, 3.8) is 0 Å². The molecule has 9 heteroatoms. The molecule has 4 rings (SSSR count). The number of hydrogen-bond acceptors (Lipinski definition) is 7. The van der Waals surface area contributed by atoms with Crippen molar-refractivity contribution in [2.45, 2.75) is 26.3 Å². The second kappa shape index (κ2) is 7.40. The standard InChI is InChI=1S/C21H23N3O6/c1-5-24-18-17(19(25)23(3)21(24)27)15(16-12(22-18)10-30-20(16)26)11-7-8-13(29-6-2)14(9-11)28-4/h7-9,15,22H,5-6,10H2,1-4H3/t15-/m1/s1. The molecule has 0 saturated carbocycles. The van der Waals surface area contributed by atoms with E-state index in [1.807, 2.05) is 13.8 Å². The monoisotopic (exact) mass is 413 g/mol. The van der Waals surface area contributed by atoms with Gasteiger partial charge in [0.15, 0.2) is 11.5 Å². The summed E-state index contributed by atoms with van der Waals surface area (Å²) >= 11 is 0. The van der Waals surface area contributed by atoms with Crippen LogP contribution in [0.5, 0.6) is 11.5 Å². The van der Waals surface area contributed by atoms with Gasteiger partial charge in [0, 0.05) is 13.6 Å². The Balaban J connectivity index is 2.02. The molecule has 2 aliphatic heterocycles. The molecule has 1 aromatic heterocycles. The molecule has 2 aliphatic rings. The fourth-order valence-corrected chi connectivity index (χ4v) is 4.05. The smallest absolute Gasteiger partial charge is 0.337 e. The van der Waals surface area contributed by atoms with Crippen molar-refractivity contribution >= 4 is 11.8 Å². The third-order valence-electron chi connectivity index (χ3n) is 5.45. The highest BCUT2D eigenvalue weighted by atomic mass is 16.5. The van der Waals surface area contributed by atoms with Crippen LogP contribution < -0.4 is 26.0 Å². The molecule has 3 heterocycles. The minimum Gasteiger partial charge on any atom is -0.493 e. The van der Waals surface area contributed by atoms with Gasteiger partial charge in [-0.25, -0.2) is 9.59 Å². The number of carbonyl (C=O) groups excluding carboxylic acids is 1. The van der Waals surface area contributed by atoms with Gasteiger partial charge in [0.05, 0.1) is 36.5 Å². The predicted octanol–water partition coefficient (Wildman–Crippen LogP) is 1.34. The summed E-state index contributed by atoms with van der Waals surface area (Å²) in [5.74, 6) is 0.252. The molecule has 0 unspecified atom stereocenters. The van der Waals surface area contributed by atoms with Crippen molar-refractivity contribution in [3.8, 4) is 11.5 Å². The predicted molar refractivity (Wildman–Crippen MR) is 109 cm³/mol. The first kappa shape index (κ1) is 19.8. The largest absolute Gasteiger partial charge is 0.493 e. The minimum absolute atomic E-state index is 0.0609. The first-order valence-corrected chi connectivity index (χ1v) is 9.74. The number of fused-ring (bicyclic) bond motifs is 1. The number of rotatable bonds is 5. The van der Waals surface area contributed by atoms with Gasteiger partial charge in [0.2, 0.25) is 0 Å². The van der Waals surface area contributed by atoms with E-state index in [0.717, 1.165) is 4.57 Å². The van der Waals surface area contributed by atoms with Crippen LogP contribution in [0.25, 0.3) is 0 Å². The van der Waals surface area contributed by atoms with Crippen LogP contribution >= 0.6 is 0 Å². The molecule has 0 saturated heterocycles. The second-order valence-corrected chi connectivity index (χ2v) is 7.02. The third-order valence-corrected chi connectivity index (χ3v) is 5.45. The summed E-state index contributed by atoms with van der Waals surface area (Å²) in [6.07, 6.45) is 0. The highest BCUT2D eigenvalue weighted by Crippen LogP contribution is 2.44. The summed E-state index contributed by atoms with van der Waals surface area (Å²) in [4.78, 5) is 38.4. The Hall–Kier alpha value is -3.49. The number of benzene rings is 1. The topological polar surface area (TPSA) is 101 Å². The lowest BCUT2D eigenvalue weighted by Crippen LogP contribution is -2.43. The Bertz CT molecular complexity index is 1190. The zero-order valence-corrected chi connectivity index (χ0v) is 17.3. The zero-order chi connectivity index (χ0) is 21.6. The molecule has 1 aromatic carbocycles. The van der Waals surface area contributed by atoms with Crippen molar-refractivity contribution in [2.24, 2.45) is 7.05 Å². The van der Waals surface area contributed by atoms with Gasteiger partial charge in [-0.15, -0.1) is 0 Å². The summed E-state index contributed by atoms with van der Waals surface area (Å²) in [6.45, 7) is 4.58. The number of carbonyl (C=O) groups is 1. The van der Waals surface area contributed by atoms with Crippen LogP contribution in [0.1, 0.15) is 30.9 Å². The van der Waals surface area contributed by atoms with E-state index < -0.39 is 23.1 Å². The van der Waals surface area contributed by atoms with Crippen LogP contribution in [0.4, 0.5) is 5.82 Å². The summed E-state index contributed by atoms with van der Waals surface area (Å²) in [5.41, 5.74) is 1.03. The molecule has 0 aliphatic carbocycles. The maximum atomic E-state index is 13.2. The summed E-state index contributed by atoms with van der Waals surface area (Å²) in [5, 5.41) is 3.11. The van der Waals surface area contributed by atoms with Crippen LogP contribution in [0, 0.1) is 0 Å². The lowest BCUT2D eigenvalue weighted by atomic mass is 9.82. The van der Waals surface area contributed by atoms with Crippen LogP contribution in [0.15, 0.2) is 39.1 Å². The molecule has 0 amide bonds. The third kappa shape index (κ3) is 2.80. The Labute approximate surface area is 172 Å². The fourth-order valence-electron chi connectivity index (χ4n) is 4.05. The minimum atomic E-state index is -0.701. The van der Waals surface area contributed by atoms with E-state index in [2.05, 4.69) is 5.32 Å². The van der Waals surface area contributed by atoms with Crippen molar-refractivity contribution in [3.05, 3.63) is 61.4 Å². The Morgan fingerprint density at radius 1 is 1.20 bits per heavy atom. The van der Waals surface area contributed by atoms with Gasteiger partial charge < -0.3 is 19.5 Å². The van der Waals surface area contributed by atoms with Crippen molar-refractivity contribution in [1.29, 1.82) is 0 Å². The van der Waals surface area contributed by atoms with E-state index in [1.165, 1.54) is 18.7 Å². The van der Waals surface area contributed by atoms with Gasteiger partial charge >= 0.3 is 11.7 Å². The highest BCUT2D eigenvalue weighted by Gasteiger charge is 2.42. The molecule has 9 nitrogen and oxygen atoms in total. The van der Waals surface area contributed by atoms with Crippen LogP contribution in [0.2, 0.25) is 0 Å². The highest BCUT2D eigenvalue weighted by molar-refractivity contribution is 5.96. The summed E-state index contributed by atoms with van der Waals surface area (Å²) in [6, 6.07) is 5.30. The molecule has 2 aromatic rings. The molecule has 0 spiro atoms. The van der Waals surface area contributed by atoms with Gasteiger partial charge in [-0.2, -0.15) is 0 Å². The Kier molecular flexibility index (Phi) is 4.89. The molecule has 158 valence electrons. The molecule has 0 fully saturated rings. The van der Waals surface area contributed by atoms with E-state index >= 15 is 0 Å². The number of methoxy groups -OCH3 is 1. The van der Waals surface area contributed by atoms with E-state index in [-0.39, 0.29) is 6.61 Å². The number of ether oxygens (including phenoxy) is 3. The first-order valence-electron chi connectivity index (χ1n) is 9.74. The second-order valence-electron chi connectivity index (χ2n) is 7.02. The lowest BCUT2D eigenvalue weighted by molar-refractivity contribution is -0.136. The maximum Gasteiger partial charge on any atom is 0.337 e. The number of anilines is 1. The molecule has 0 radical (unpaired) electrons. The van der Waals surface area contributed by atoms with E-state index in [9.17, 15) is 14.4 Å². The van der Waals surface area contributed by atoms with E-state index in [1.54, 1.807) is 18.2 Å². The average Bonchev–Trinajstić information content (AvgIpc) is 3.12. The number of nitrogens with zero attached hydrogens (tertiary/aromatic N) is 2. The molecule has 1 atom stereocenters. The number of hydrogen-bond donors (Lipinski definition) is 1. The van der Waals surface area contributed by atoms with E-state index in [0.29, 0.717) is 52.9 Å². The molecule has 1 N–H and O–H groups in total. The van der Waals surface area contributed by atoms with Crippen LogP contribution in [-0.4, -0.2) is 35.4 Å². The van der Waals surface area contributed by atoms with Gasteiger partial charge in [0.25, 0.3) is 5.56 Å². The van der Waals surface area contributed by atoms with Gasteiger partial charge in [0.1, 0.15) is 12.4 Å². The molecule has 0 bridgehead atoms. The summed E-state index contributed by atoms with van der Waals surface area (Å²) < 4.78 is 18.9. The zero-order valence-electron chi connectivity index (χ0n) is 17.3. The van der Waals surface area contributed by atoms with Crippen molar-refractivity contribution < 1.29 is 19.0 Å². The number of cyclic esters (lactones) is 1. The van der Waals surface area contributed by atoms with Crippen LogP contribution in [-0.2, 0) is 23.1 Å². The SMILES string of the molecule is CCOc1ccc([C@@H]2C3=C(COC3=O)Nc3c2c(=O)n(C)c(=O)n3CC)cc1OC. The van der Waals surface area contributed by atoms with Gasteiger partial charge in [-0.1, -0.05) is 6.07 Å². The fraction of sp³-hybridized carbons (Fsp3) is 0.381. The number of nitrogens with one attached hydrogen (secondary N) is 1. The van der Waals surface area contributed by atoms with Gasteiger partial charge in [-0.3, -0.25) is 13.9 Å². The normalized spacial score (nSPS) is 17.2. The van der Waals surface area contributed by atoms with Crippen molar-refractivity contribution in [2.75, 3.05) is 25.6 Å². The molecular weight excluding hydrogens is 390 g/mol. The van der Waals surface area contributed by atoms with Crippen LogP contribution in [0.3, 0.4) is 0 Å².